The molecule has 0 radical (unpaired) electrons. The Kier molecular flexibility index (Phi) is 7.33. The molecular weight excluding hydrogens is 418 g/mol. The summed E-state index contributed by atoms with van der Waals surface area (Å²) in [5, 5.41) is 5.13. The Bertz CT molecular complexity index is 1100. The second kappa shape index (κ2) is 10.3. The highest BCUT2D eigenvalue weighted by Gasteiger charge is 2.26. The number of anilines is 3. The van der Waals surface area contributed by atoms with Gasteiger partial charge in [-0.25, -0.2) is 18.6 Å². The van der Waals surface area contributed by atoms with Gasteiger partial charge in [0.2, 0.25) is 5.78 Å². The Hall–Kier alpha value is -4.01. The van der Waals surface area contributed by atoms with Crippen LogP contribution in [0.5, 0.6) is 5.75 Å². The number of nitrogens with one attached hydrogen (secondary N) is 2. The van der Waals surface area contributed by atoms with Gasteiger partial charge in [-0.1, -0.05) is 37.6 Å². The van der Waals surface area contributed by atoms with Crippen LogP contribution in [-0.4, -0.2) is 23.4 Å². The summed E-state index contributed by atoms with van der Waals surface area (Å²) in [5.41, 5.74) is 5.48. The second-order valence-corrected chi connectivity index (χ2v) is 6.84. The molecule has 0 bridgehead atoms. The van der Waals surface area contributed by atoms with E-state index in [2.05, 4.69) is 15.6 Å². The topological polar surface area (TPSA) is 106 Å². The number of halogens is 2. The number of ketones is 1. The highest BCUT2D eigenvalue weighted by atomic mass is 19.1. The summed E-state index contributed by atoms with van der Waals surface area (Å²) in [4.78, 5) is 29.3. The average molecular weight is 440 g/mol. The van der Waals surface area contributed by atoms with E-state index >= 15 is 0 Å². The molecule has 0 aliphatic carbocycles. The summed E-state index contributed by atoms with van der Waals surface area (Å²) in [6.07, 6.45) is 1.48. The molecular formula is C23H22F2N4O3. The van der Waals surface area contributed by atoms with Crippen molar-refractivity contribution in [3.63, 3.8) is 0 Å². The Labute approximate surface area is 183 Å². The van der Waals surface area contributed by atoms with Crippen LogP contribution in [0.2, 0.25) is 0 Å². The highest BCUT2D eigenvalue weighted by molar-refractivity contribution is 6.14. The average Bonchev–Trinajstić information content (AvgIpc) is 2.74. The third kappa shape index (κ3) is 5.37. The van der Waals surface area contributed by atoms with Crippen molar-refractivity contribution < 1.29 is 23.1 Å². The number of pyridine rings is 1. The molecule has 0 aliphatic rings. The van der Waals surface area contributed by atoms with Gasteiger partial charge in [-0.2, -0.15) is 0 Å². The lowest BCUT2D eigenvalue weighted by Crippen LogP contribution is -2.21. The lowest BCUT2D eigenvalue weighted by Gasteiger charge is -2.15. The molecule has 0 unspecified atom stereocenters. The number of benzene rings is 2. The van der Waals surface area contributed by atoms with Crippen LogP contribution in [0.25, 0.3) is 0 Å². The van der Waals surface area contributed by atoms with Gasteiger partial charge in [-0.15, -0.1) is 0 Å². The number of nitrogens with zero attached hydrogens (tertiary/aromatic N) is 1. The van der Waals surface area contributed by atoms with Crippen molar-refractivity contribution in [2.75, 3.05) is 23.0 Å². The number of hydrogen-bond donors (Lipinski definition) is 3. The van der Waals surface area contributed by atoms with E-state index in [1.807, 2.05) is 6.92 Å². The molecule has 4 N–H and O–H groups in total. The predicted octanol–water partition coefficient (Wildman–Crippen LogP) is 5.00. The normalized spacial score (nSPS) is 10.5. The number of ether oxygens (including phenoxy) is 1. The van der Waals surface area contributed by atoms with Crippen molar-refractivity contribution in [3.05, 3.63) is 77.4 Å². The van der Waals surface area contributed by atoms with Crippen LogP contribution < -0.4 is 21.1 Å². The van der Waals surface area contributed by atoms with E-state index < -0.39 is 29.0 Å². The Balaban J connectivity index is 1.93. The van der Waals surface area contributed by atoms with Crippen LogP contribution >= 0.6 is 0 Å². The summed E-state index contributed by atoms with van der Waals surface area (Å²) in [5.74, 6) is -3.42. The number of amides is 2. The van der Waals surface area contributed by atoms with Gasteiger partial charge in [0, 0.05) is 11.8 Å². The number of nitrogen functional groups attached to an aromatic ring is 1. The summed E-state index contributed by atoms with van der Waals surface area (Å²) in [6, 6.07) is 12.5. The fraction of sp³-hybridized carbons (Fsp3) is 0.174. The maximum absolute atomic E-state index is 14.2. The smallest absolute Gasteiger partial charge is 0.324 e. The number of carbonyl (C=O) groups is 2. The number of aromatic nitrogens is 1. The molecule has 2 aromatic carbocycles. The van der Waals surface area contributed by atoms with E-state index in [-0.39, 0.29) is 29.6 Å². The quantitative estimate of drug-likeness (QED) is 0.338. The largest absolute Gasteiger partial charge is 0.493 e. The molecule has 0 spiro atoms. The Morgan fingerprint density at radius 2 is 1.69 bits per heavy atom. The molecule has 0 atom stereocenters. The Morgan fingerprint density at radius 3 is 2.34 bits per heavy atom. The van der Waals surface area contributed by atoms with Crippen molar-refractivity contribution >= 4 is 29.1 Å². The fourth-order valence-corrected chi connectivity index (χ4v) is 2.91. The summed E-state index contributed by atoms with van der Waals surface area (Å²) in [7, 11) is 0. The zero-order valence-corrected chi connectivity index (χ0v) is 17.3. The lowest BCUT2D eigenvalue weighted by atomic mass is 10.0. The number of carbonyl (C=O) groups excluding carboxylic acids is 2. The van der Waals surface area contributed by atoms with Crippen LogP contribution in [0.15, 0.2) is 54.6 Å². The number of urea groups is 1. The first kappa shape index (κ1) is 22.7. The predicted molar refractivity (Wildman–Crippen MR) is 118 cm³/mol. The SMILES string of the molecule is CCCCOc1cc(NC(=O)Nc2ccccc2)nc(N)c1C(=O)c1c(F)cccc1F. The molecule has 0 saturated carbocycles. The molecule has 1 aromatic heterocycles. The zero-order chi connectivity index (χ0) is 23.1. The van der Waals surface area contributed by atoms with Crippen molar-refractivity contribution in [1.29, 1.82) is 0 Å². The number of hydrogen-bond acceptors (Lipinski definition) is 5. The number of nitrogens with two attached hydrogens (primary N) is 1. The van der Waals surface area contributed by atoms with Crippen molar-refractivity contribution in [1.82, 2.24) is 4.98 Å². The van der Waals surface area contributed by atoms with Gasteiger partial charge in [0.15, 0.2) is 0 Å². The molecule has 2 amide bonds. The number of rotatable bonds is 8. The summed E-state index contributed by atoms with van der Waals surface area (Å²) >= 11 is 0. The lowest BCUT2D eigenvalue weighted by molar-refractivity contribution is 0.102. The van der Waals surface area contributed by atoms with E-state index in [4.69, 9.17) is 10.5 Å². The van der Waals surface area contributed by atoms with E-state index in [0.717, 1.165) is 24.6 Å². The van der Waals surface area contributed by atoms with Crippen LogP contribution in [0, 0.1) is 11.6 Å². The zero-order valence-electron chi connectivity index (χ0n) is 17.3. The second-order valence-electron chi connectivity index (χ2n) is 6.84. The molecule has 7 nitrogen and oxygen atoms in total. The fourth-order valence-electron chi connectivity index (χ4n) is 2.91. The summed E-state index contributed by atoms with van der Waals surface area (Å²) in [6.45, 7) is 2.18. The monoisotopic (exact) mass is 440 g/mol. The molecule has 1 heterocycles. The van der Waals surface area contributed by atoms with Gasteiger partial charge in [0.05, 0.1) is 12.2 Å². The van der Waals surface area contributed by atoms with Gasteiger partial charge in [-0.05, 0) is 30.7 Å². The van der Waals surface area contributed by atoms with E-state index in [9.17, 15) is 18.4 Å². The molecule has 0 saturated heterocycles. The molecule has 0 aliphatic heterocycles. The molecule has 3 rings (SSSR count). The van der Waals surface area contributed by atoms with Gasteiger partial charge in [0.1, 0.15) is 34.6 Å². The van der Waals surface area contributed by atoms with Gasteiger partial charge >= 0.3 is 6.03 Å². The third-order valence-corrected chi connectivity index (χ3v) is 4.46. The molecule has 32 heavy (non-hydrogen) atoms. The first-order valence-corrected chi connectivity index (χ1v) is 9.95. The molecule has 166 valence electrons. The number of para-hydroxylation sites is 1. The minimum absolute atomic E-state index is 0.00739. The maximum Gasteiger partial charge on any atom is 0.324 e. The molecule has 9 heteroatoms. The third-order valence-electron chi connectivity index (χ3n) is 4.46. The van der Waals surface area contributed by atoms with Crippen LogP contribution in [-0.2, 0) is 0 Å². The van der Waals surface area contributed by atoms with Gasteiger partial charge < -0.3 is 15.8 Å². The highest BCUT2D eigenvalue weighted by Crippen LogP contribution is 2.31. The number of unbranched alkanes of at least 4 members (excludes halogenated alkanes) is 1. The maximum atomic E-state index is 14.2. The van der Waals surface area contributed by atoms with Crippen molar-refractivity contribution in [3.8, 4) is 5.75 Å². The summed E-state index contributed by atoms with van der Waals surface area (Å²) < 4.78 is 34.0. The first-order chi connectivity index (χ1) is 15.4. The van der Waals surface area contributed by atoms with Gasteiger partial charge in [0.25, 0.3) is 0 Å². The van der Waals surface area contributed by atoms with Gasteiger partial charge in [-0.3, -0.25) is 10.1 Å². The first-order valence-electron chi connectivity index (χ1n) is 9.95. The van der Waals surface area contributed by atoms with Crippen molar-refractivity contribution in [2.24, 2.45) is 0 Å². The Morgan fingerprint density at radius 1 is 1.00 bits per heavy atom. The van der Waals surface area contributed by atoms with Crippen LogP contribution in [0.1, 0.15) is 35.7 Å². The van der Waals surface area contributed by atoms with Crippen LogP contribution in [0.4, 0.5) is 30.9 Å². The molecule has 0 fully saturated rings. The van der Waals surface area contributed by atoms with E-state index in [1.54, 1.807) is 30.3 Å². The molecule has 3 aromatic rings. The van der Waals surface area contributed by atoms with Crippen molar-refractivity contribution in [2.45, 2.75) is 19.8 Å². The van der Waals surface area contributed by atoms with Crippen LogP contribution in [0.3, 0.4) is 0 Å². The van der Waals surface area contributed by atoms with E-state index in [0.29, 0.717) is 12.1 Å². The van der Waals surface area contributed by atoms with E-state index in [1.165, 1.54) is 6.07 Å². The minimum Gasteiger partial charge on any atom is -0.493 e. The minimum atomic E-state index is -1.03. The standard InChI is InChI=1S/C23H22F2N4O3/c1-2-3-12-32-17-13-18(29-23(31)27-14-8-5-4-6-9-14)28-22(26)20(17)21(30)19-15(24)10-7-11-16(19)25/h4-11,13H,2-3,12H2,1H3,(H4,26,27,28,29,31).